The van der Waals surface area contributed by atoms with E-state index < -0.39 is 6.10 Å². The zero-order chi connectivity index (χ0) is 18.4. The first-order valence-corrected chi connectivity index (χ1v) is 8.90. The fourth-order valence-corrected chi connectivity index (χ4v) is 3.00. The first-order valence-electron chi connectivity index (χ1n) is 8.90. The van der Waals surface area contributed by atoms with E-state index in [1.165, 1.54) is 0 Å². The quantitative estimate of drug-likeness (QED) is 0.821. The number of ether oxygens (including phenoxy) is 2. The summed E-state index contributed by atoms with van der Waals surface area (Å²) in [6.07, 6.45) is -0.215. The van der Waals surface area contributed by atoms with Crippen LogP contribution in [0.25, 0.3) is 0 Å². The predicted octanol–water partition coefficient (Wildman–Crippen LogP) is 2.76. The van der Waals surface area contributed by atoms with Gasteiger partial charge in [-0.05, 0) is 50.5 Å². The van der Waals surface area contributed by atoms with Gasteiger partial charge in [0, 0.05) is 26.2 Å². The minimum atomic E-state index is -0.504. The zero-order valence-corrected chi connectivity index (χ0v) is 15.6. The molecule has 0 bridgehead atoms. The van der Waals surface area contributed by atoms with Gasteiger partial charge in [-0.25, -0.2) is 4.79 Å². The van der Waals surface area contributed by atoms with Crippen molar-refractivity contribution in [2.45, 2.75) is 40.2 Å². The van der Waals surface area contributed by atoms with E-state index in [0.717, 1.165) is 16.9 Å². The van der Waals surface area contributed by atoms with E-state index in [1.807, 2.05) is 32.9 Å². The van der Waals surface area contributed by atoms with Gasteiger partial charge in [-0.1, -0.05) is 13.0 Å². The summed E-state index contributed by atoms with van der Waals surface area (Å²) in [5.41, 5.74) is 2.22. The number of carbonyl (C=O) groups is 2. The van der Waals surface area contributed by atoms with Crippen LogP contribution < -0.4 is 4.74 Å². The third-order valence-corrected chi connectivity index (χ3v) is 4.24. The van der Waals surface area contributed by atoms with Gasteiger partial charge in [0.25, 0.3) is 5.91 Å². The number of hydrogen-bond acceptors (Lipinski definition) is 4. The molecule has 25 heavy (non-hydrogen) atoms. The molecule has 0 aliphatic carbocycles. The average Bonchev–Trinajstić information content (AvgIpc) is 2.58. The van der Waals surface area contributed by atoms with Crippen molar-refractivity contribution in [3.05, 3.63) is 29.3 Å². The van der Waals surface area contributed by atoms with Crippen LogP contribution in [0.2, 0.25) is 0 Å². The second-order valence-electron chi connectivity index (χ2n) is 6.35. The monoisotopic (exact) mass is 348 g/mol. The summed E-state index contributed by atoms with van der Waals surface area (Å²) in [5.74, 6) is 0.702. The molecule has 138 valence electrons. The zero-order valence-electron chi connectivity index (χ0n) is 15.6. The van der Waals surface area contributed by atoms with E-state index in [0.29, 0.717) is 39.2 Å². The first-order chi connectivity index (χ1) is 11.9. The molecule has 1 fully saturated rings. The summed E-state index contributed by atoms with van der Waals surface area (Å²) < 4.78 is 11.0. The SMILES string of the molecule is CCOC(=O)N1CCN(C(=O)[C@H](CC)Oc2cc(C)cc(C)c2)CC1. The first kappa shape index (κ1) is 19.1. The third-order valence-electron chi connectivity index (χ3n) is 4.24. The van der Waals surface area contributed by atoms with E-state index in [2.05, 4.69) is 6.07 Å². The number of rotatable bonds is 5. The van der Waals surface area contributed by atoms with Crippen molar-refractivity contribution in [2.75, 3.05) is 32.8 Å². The lowest BCUT2D eigenvalue weighted by atomic mass is 10.1. The normalized spacial score (nSPS) is 15.7. The van der Waals surface area contributed by atoms with Crippen molar-refractivity contribution < 1.29 is 19.1 Å². The van der Waals surface area contributed by atoms with Gasteiger partial charge in [0.2, 0.25) is 0 Å². The maximum absolute atomic E-state index is 12.8. The molecule has 2 rings (SSSR count). The predicted molar refractivity (Wildman–Crippen MR) is 95.8 cm³/mol. The highest BCUT2D eigenvalue weighted by atomic mass is 16.6. The Kier molecular flexibility index (Phi) is 6.67. The van der Waals surface area contributed by atoms with Crippen molar-refractivity contribution in [1.29, 1.82) is 0 Å². The lowest BCUT2D eigenvalue weighted by molar-refractivity contribution is -0.140. The van der Waals surface area contributed by atoms with Crippen molar-refractivity contribution in [3.8, 4) is 5.75 Å². The minimum absolute atomic E-state index is 0.0230. The van der Waals surface area contributed by atoms with Gasteiger partial charge in [-0.3, -0.25) is 4.79 Å². The summed E-state index contributed by atoms with van der Waals surface area (Å²) in [6, 6.07) is 5.97. The fraction of sp³-hybridized carbons (Fsp3) is 0.579. The smallest absolute Gasteiger partial charge is 0.409 e. The molecule has 1 aromatic carbocycles. The molecule has 6 heteroatoms. The van der Waals surface area contributed by atoms with Gasteiger partial charge in [-0.2, -0.15) is 0 Å². The van der Waals surface area contributed by atoms with E-state index in [9.17, 15) is 9.59 Å². The van der Waals surface area contributed by atoms with Crippen LogP contribution in [0.1, 0.15) is 31.4 Å². The summed E-state index contributed by atoms with van der Waals surface area (Å²) in [5, 5.41) is 0. The Morgan fingerprint density at radius 1 is 1.00 bits per heavy atom. The Hall–Kier alpha value is -2.24. The van der Waals surface area contributed by atoms with Crippen LogP contribution in [0, 0.1) is 13.8 Å². The third kappa shape index (κ3) is 5.11. The van der Waals surface area contributed by atoms with Crippen LogP contribution in [0.15, 0.2) is 18.2 Å². The van der Waals surface area contributed by atoms with Crippen LogP contribution in [0.5, 0.6) is 5.75 Å². The maximum Gasteiger partial charge on any atom is 0.409 e. The largest absolute Gasteiger partial charge is 0.481 e. The average molecular weight is 348 g/mol. The molecule has 1 aromatic rings. The summed E-state index contributed by atoms with van der Waals surface area (Å²) in [7, 11) is 0. The minimum Gasteiger partial charge on any atom is -0.481 e. The molecule has 1 atom stereocenters. The van der Waals surface area contributed by atoms with Gasteiger partial charge in [0.05, 0.1) is 6.61 Å². The van der Waals surface area contributed by atoms with Crippen LogP contribution in [-0.2, 0) is 9.53 Å². The van der Waals surface area contributed by atoms with E-state index in [1.54, 1.807) is 16.7 Å². The highest BCUT2D eigenvalue weighted by molar-refractivity contribution is 5.81. The molecular formula is C19H28N2O4. The fourth-order valence-electron chi connectivity index (χ4n) is 3.00. The second-order valence-corrected chi connectivity index (χ2v) is 6.35. The van der Waals surface area contributed by atoms with E-state index >= 15 is 0 Å². The van der Waals surface area contributed by atoms with Gasteiger partial charge in [-0.15, -0.1) is 0 Å². The summed E-state index contributed by atoms with van der Waals surface area (Å²) in [4.78, 5) is 27.9. The lowest BCUT2D eigenvalue weighted by Crippen LogP contribution is -2.53. The topological polar surface area (TPSA) is 59.1 Å². The van der Waals surface area contributed by atoms with E-state index in [4.69, 9.17) is 9.47 Å². The van der Waals surface area contributed by atoms with Crippen molar-refractivity contribution in [2.24, 2.45) is 0 Å². The Morgan fingerprint density at radius 3 is 2.08 bits per heavy atom. The molecule has 0 aromatic heterocycles. The van der Waals surface area contributed by atoms with Crippen molar-refractivity contribution in [1.82, 2.24) is 9.80 Å². The van der Waals surface area contributed by atoms with Gasteiger partial charge in [0.1, 0.15) is 5.75 Å². The van der Waals surface area contributed by atoms with Crippen molar-refractivity contribution >= 4 is 12.0 Å². The molecular weight excluding hydrogens is 320 g/mol. The van der Waals surface area contributed by atoms with Gasteiger partial charge < -0.3 is 19.3 Å². The van der Waals surface area contributed by atoms with Crippen LogP contribution in [0.3, 0.4) is 0 Å². The summed E-state index contributed by atoms with van der Waals surface area (Å²) in [6.45, 7) is 10.1. The van der Waals surface area contributed by atoms with Crippen LogP contribution in [0.4, 0.5) is 4.79 Å². The number of hydrogen-bond donors (Lipinski definition) is 0. The number of carbonyl (C=O) groups excluding carboxylic acids is 2. The standard InChI is InChI=1S/C19H28N2O4/c1-5-17(25-16-12-14(3)11-15(4)13-16)18(22)20-7-9-21(10-8-20)19(23)24-6-2/h11-13,17H,5-10H2,1-4H3/t17-/m0/s1. The molecule has 0 unspecified atom stereocenters. The Labute approximate surface area is 149 Å². The molecule has 0 saturated carbocycles. The number of amides is 2. The Bertz CT molecular complexity index is 589. The van der Waals surface area contributed by atoms with Gasteiger partial charge >= 0.3 is 6.09 Å². The lowest BCUT2D eigenvalue weighted by Gasteiger charge is -2.35. The Balaban J connectivity index is 1.95. The van der Waals surface area contributed by atoms with Crippen molar-refractivity contribution in [3.63, 3.8) is 0 Å². The maximum atomic E-state index is 12.8. The molecule has 2 amide bonds. The number of nitrogens with zero attached hydrogens (tertiary/aromatic N) is 2. The molecule has 0 spiro atoms. The molecule has 1 saturated heterocycles. The van der Waals surface area contributed by atoms with Gasteiger partial charge in [0.15, 0.2) is 6.10 Å². The highest BCUT2D eigenvalue weighted by Crippen LogP contribution is 2.19. The molecule has 1 aliphatic rings. The molecule has 1 heterocycles. The summed E-state index contributed by atoms with van der Waals surface area (Å²) >= 11 is 0. The molecule has 0 radical (unpaired) electrons. The number of benzene rings is 1. The molecule has 0 N–H and O–H groups in total. The molecule has 1 aliphatic heterocycles. The van der Waals surface area contributed by atoms with E-state index in [-0.39, 0.29) is 12.0 Å². The number of aryl methyl sites for hydroxylation is 2. The second kappa shape index (κ2) is 8.74. The highest BCUT2D eigenvalue weighted by Gasteiger charge is 2.29. The van der Waals surface area contributed by atoms with Crippen LogP contribution >= 0.6 is 0 Å². The van der Waals surface area contributed by atoms with Crippen LogP contribution in [-0.4, -0.2) is 60.7 Å². The molecule has 6 nitrogen and oxygen atoms in total. The Morgan fingerprint density at radius 2 is 1.56 bits per heavy atom. The number of piperazine rings is 1.